The summed E-state index contributed by atoms with van der Waals surface area (Å²) in [6.45, 7) is 0. The molecule has 0 fully saturated rings. The molecular formula is C16H14FNO2. The Morgan fingerprint density at radius 1 is 1.15 bits per heavy atom. The van der Waals surface area contributed by atoms with Gasteiger partial charge < -0.3 is 14.9 Å². The molecule has 20 heavy (non-hydrogen) atoms. The predicted molar refractivity (Wildman–Crippen MR) is 75.2 cm³/mol. The molecule has 0 bridgehead atoms. The van der Waals surface area contributed by atoms with E-state index in [-0.39, 0.29) is 11.4 Å². The Kier molecular flexibility index (Phi) is 3.16. The Hall–Kier alpha value is -2.33. The van der Waals surface area contributed by atoms with Crippen molar-refractivity contribution in [2.75, 3.05) is 7.11 Å². The number of rotatable bonds is 3. The fourth-order valence-corrected chi connectivity index (χ4v) is 2.18. The van der Waals surface area contributed by atoms with Crippen LogP contribution in [0.15, 0.2) is 52.9 Å². The summed E-state index contributed by atoms with van der Waals surface area (Å²) in [5.41, 5.74) is 7.29. The van der Waals surface area contributed by atoms with Crippen LogP contribution in [-0.4, -0.2) is 7.11 Å². The van der Waals surface area contributed by atoms with Crippen LogP contribution in [0.1, 0.15) is 17.4 Å². The van der Waals surface area contributed by atoms with Crippen molar-refractivity contribution in [2.45, 2.75) is 6.04 Å². The van der Waals surface area contributed by atoms with Gasteiger partial charge in [-0.2, -0.15) is 0 Å². The fraction of sp³-hybridized carbons (Fsp3) is 0.125. The molecule has 3 rings (SSSR count). The molecule has 0 spiro atoms. The summed E-state index contributed by atoms with van der Waals surface area (Å²) >= 11 is 0. The van der Waals surface area contributed by atoms with Crippen LogP contribution in [0.25, 0.3) is 11.0 Å². The second-order valence-electron chi connectivity index (χ2n) is 4.56. The minimum Gasteiger partial charge on any atom is -0.497 e. The third-order valence-electron chi connectivity index (χ3n) is 3.30. The van der Waals surface area contributed by atoms with Gasteiger partial charge in [0.15, 0.2) is 11.4 Å². The topological polar surface area (TPSA) is 48.4 Å². The van der Waals surface area contributed by atoms with Crippen LogP contribution in [0, 0.1) is 5.82 Å². The Morgan fingerprint density at radius 3 is 2.55 bits per heavy atom. The van der Waals surface area contributed by atoms with E-state index in [1.807, 2.05) is 24.3 Å². The van der Waals surface area contributed by atoms with Gasteiger partial charge in [0.25, 0.3) is 0 Å². The number of furan rings is 1. The standard InChI is InChI=1S/C16H14FNO2/c1-19-12-7-5-10(6-8-12)15(18)14-9-11-3-2-4-13(17)16(11)20-14/h2-9,15H,18H2,1H3. The third-order valence-corrected chi connectivity index (χ3v) is 3.30. The maximum Gasteiger partial charge on any atom is 0.169 e. The smallest absolute Gasteiger partial charge is 0.169 e. The molecule has 4 heteroatoms. The molecule has 1 aromatic heterocycles. The van der Waals surface area contributed by atoms with Crippen molar-refractivity contribution < 1.29 is 13.5 Å². The summed E-state index contributed by atoms with van der Waals surface area (Å²) in [5.74, 6) is 0.919. The first-order chi connectivity index (χ1) is 9.69. The van der Waals surface area contributed by atoms with Crippen LogP contribution < -0.4 is 10.5 Å². The largest absolute Gasteiger partial charge is 0.497 e. The van der Waals surface area contributed by atoms with E-state index < -0.39 is 6.04 Å². The molecule has 1 heterocycles. The molecule has 2 aromatic carbocycles. The predicted octanol–water partition coefficient (Wildman–Crippen LogP) is 3.63. The number of para-hydroxylation sites is 1. The molecule has 0 amide bonds. The first kappa shape index (κ1) is 12.7. The van der Waals surface area contributed by atoms with Gasteiger partial charge in [0.1, 0.15) is 11.5 Å². The first-order valence-corrected chi connectivity index (χ1v) is 6.26. The van der Waals surface area contributed by atoms with E-state index in [4.69, 9.17) is 14.9 Å². The van der Waals surface area contributed by atoms with Gasteiger partial charge in [-0.1, -0.05) is 24.3 Å². The van der Waals surface area contributed by atoms with Gasteiger partial charge in [-0.15, -0.1) is 0 Å². The van der Waals surface area contributed by atoms with Crippen LogP contribution in [0.4, 0.5) is 4.39 Å². The quantitative estimate of drug-likeness (QED) is 0.791. The van der Waals surface area contributed by atoms with Crippen molar-refractivity contribution in [1.29, 1.82) is 0 Å². The maximum absolute atomic E-state index is 13.6. The van der Waals surface area contributed by atoms with Gasteiger partial charge in [-0.3, -0.25) is 0 Å². The average molecular weight is 271 g/mol. The zero-order chi connectivity index (χ0) is 14.1. The highest BCUT2D eigenvalue weighted by Crippen LogP contribution is 2.28. The normalized spacial score (nSPS) is 12.6. The Balaban J connectivity index is 1.98. The lowest BCUT2D eigenvalue weighted by Gasteiger charge is -2.09. The van der Waals surface area contributed by atoms with Gasteiger partial charge in [-0.25, -0.2) is 4.39 Å². The fourth-order valence-electron chi connectivity index (χ4n) is 2.18. The summed E-state index contributed by atoms with van der Waals surface area (Å²) in [5, 5.41) is 0.712. The second-order valence-corrected chi connectivity index (χ2v) is 4.56. The molecule has 0 aliphatic rings. The summed E-state index contributed by atoms with van der Waals surface area (Å²) in [6, 6.07) is 13.5. The molecule has 0 saturated heterocycles. The van der Waals surface area contributed by atoms with Crippen LogP contribution in [-0.2, 0) is 0 Å². The second kappa shape index (κ2) is 4.98. The van der Waals surface area contributed by atoms with Crippen LogP contribution >= 0.6 is 0 Å². The first-order valence-electron chi connectivity index (χ1n) is 6.26. The Morgan fingerprint density at radius 2 is 1.90 bits per heavy atom. The minimum absolute atomic E-state index is 0.242. The molecular weight excluding hydrogens is 257 g/mol. The highest BCUT2D eigenvalue weighted by molar-refractivity contribution is 5.78. The van der Waals surface area contributed by atoms with Gasteiger partial charge in [0.2, 0.25) is 0 Å². The molecule has 0 aliphatic heterocycles. The van der Waals surface area contributed by atoms with E-state index in [0.717, 1.165) is 11.3 Å². The summed E-state index contributed by atoms with van der Waals surface area (Å²) in [4.78, 5) is 0. The number of nitrogens with two attached hydrogens (primary N) is 1. The highest BCUT2D eigenvalue weighted by atomic mass is 19.1. The molecule has 3 aromatic rings. The molecule has 0 saturated carbocycles. The van der Waals surface area contributed by atoms with Crippen molar-refractivity contribution in [3.05, 3.63) is 65.7 Å². The van der Waals surface area contributed by atoms with E-state index in [2.05, 4.69) is 0 Å². The van der Waals surface area contributed by atoms with Crippen LogP contribution in [0.2, 0.25) is 0 Å². The Labute approximate surface area is 115 Å². The van der Waals surface area contributed by atoms with E-state index in [1.54, 1.807) is 25.3 Å². The number of halogens is 1. The van der Waals surface area contributed by atoms with E-state index in [0.29, 0.717) is 11.1 Å². The molecule has 3 nitrogen and oxygen atoms in total. The number of hydrogen-bond acceptors (Lipinski definition) is 3. The SMILES string of the molecule is COc1ccc(C(N)c2cc3cccc(F)c3o2)cc1. The number of benzene rings is 2. The molecule has 1 unspecified atom stereocenters. The molecule has 0 aliphatic carbocycles. The van der Waals surface area contributed by atoms with Crippen LogP contribution in [0.5, 0.6) is 5.75 Å². The molecule has 1 atom stereocenters. The lowest BCUT2D eigenvalue weighted by Crippen LogP contribution is -2.10. The number of methoxy groups -OCH3 is 1. The van der Waals surface area contributed by atoms with Gasteiger partial charge >= 0.3 is 0 Å². The average Bonchev–Trinajstić information content (AvgIpc) is 2.92. The Bertz CT molecular complexity index is 734. The third kappa shape index (κ3) is 2.14. The molecule has 0 radical (unpaired) electrons. The number of hydrogen-bond donors (Lipinski definition) is 1. The van der Waals surface area contributed by atoms with Gasteiger partial charge in [0, 0.05) is 5.39 Å². The number of ether oxygens (including phenoxy) is 1. The van der Waals surface area contributed by atoms with Gasteiger partial charge in [0.05, 0.1) is 13.2 Å². The maximum atomic E-state index is 13.6. The van der Waals surface area contributed by atoms with Crippen molar-refractivity contribution in [2.24, 2.45) is 5.73 Å². The summed E-state index contributed by atoms with van der Waals surface area (Å²) < 4.78 is 24.3. The van der Waals surface area contributed by atoms with Crippen LogP contribution in [0.3, 0.4) is 0 Å². The summed E-state index contributed by atoms with van der Waals surface area (Å²) in [6.07, 6.45) is 0. The van der Waals surface area contributed by atoms with Gasteiger partial charge in [-0.05, 0) is 29.8 Å². The van der Waals surface area contributed by atoms with Crippen molar-refractivity contribution >= 4 is 11.0 Å². The van der Waals surface area contributed by atoms with Crippen molar-refractivity contribution in [1.82, 2.24) is 0 Å². The lowest BCUT2D eigenvalue weighted by atomic mass is 10.1. The lowest BCUT2D eigenvalue weighted by molar-refractivity contribution is 0.414. The van der Waals surface area contributed by atoms with E-state index in [9.17, 15) is 4.39 Å². The number of fused-ring (bicyclic) bond motifs is 1. The monoisotopic (exact) mass is 271 g/mol. The molecule has 102 valence electrons. The molecule has 2 N–H and O–H groups in total. The van der Waals surface area contributed by atoms with Crippen molar-refractivity contribution in [3.63, 3.8) is 0 Å². The zero-order valence-corrected chi connectivity index (χ0v) is 11.0. The van der Waals surface area contributed by atoms with E-state index in [1.165, 1.54) is 6.07 Å². The zero-order valence-electron chi connectivity index (χ0n) is 11.0. The van der Waals surface area contributed by atoms with Crippen molar-refractivity contribution in [3.8, 4) is 5.75 Å². The minimum atomic E-state index is -0.437. The summed E-state index contributed by atoms with van der Waals surface area (Å²) in [7, 11) is 1.61. The van der Waals surface area contributed by atoms with E-state index >= 15 is 0 Å². The highest BCUT2D eigenvalue weighted by Gasteiger charge is 2.15.